The molecular weight excluding hydrogens is 274 g/mol. The van der Waals surface area contributed by atoms with Crippen molar-refractivity contribution in [2.75, 3.05) is 20.8 Å². The molecule has 1 rings (SSSR count). The second-order valence-electron chi connectivity index (χ2n) is 4.47. The van der Waals surface area contributed by atoms with Gasteiger partial charge in [0.15, 0.2) is 11.6 Å². The van der Waals surface area contributed by atoms with Gasteiger partial charge < -0.3 is 9.47 Å². The highest BCUT2D eigenvalue weighted by molar-refractivity contribution is 6.13. The van der Waals surface area contributed by atoms with E-state index in [1.54, 1.807) is 30.3 Å². The third kappa shape index (κ3) is 4.77. The van der Waals surface area contributed by atoms with Gasteiger partial charge in [-0.3, -0.25) is 19.7 Å². The van der Waals surface area contributed by atoms with Gasteiger partial charge in [0, 0.05) is 12.7 Å². The summed E-state index contributed by atoms with van der Waals surface area (Å²) < 4.78 is 9.53. The molecular formula is C15H19NO5. The fourth-order valence-electron chi connectivity index (χ4n) is 1.84. The minimum absolute atomic E-state index is 0.00147. The zero-order valence-electron chi connectivity index (χ0n) is 12.3. The van der Waals surface area contributed by atoms with Gasteiger partial charge in [-0.05, 0) is 6.92 Å². The highest BCUT2D eigenvalue weighted by Crippen LogP contribution is 2.06. The minimum atomic E-state index is -1.12. The Morgan fingerprint density at radius 1 is 1.14 bits per heavy atom. The topological polar surface area (TPSA) is 81.7 Å². The number of hydrogen-bond donors (Lipinski definition) is 1. The molecule has 114 valence electrons. The Kier molecular flexibility index (Phi) is 6.71. The summed E-state index contributed by atoms with van der Waals surface area (Å²) in [4.78, 5) is 35.7. The van der Waals surface area contributed by atoms with Gasteiger partial charge in [-0.25, -0.2) is 0 Å². The van der Waals surface area contributed by atoms with E-state index in [0.717, 1.165) is 0 Å². The molecule has 6 heteroatoms. The normalized spacial score (nSPS) is 13.3. The van der Waals surface area contributed by atoms with Crippen molar-refractivity contribution in [3.63, 3.8) is 0 Å². The number of benzene rings is 1. The molecule has 0 amide bonds. The number of carbonyl (C=O) groups excluding carboxylic acids is 3. The Balaban J connectivity index is 2.93. The molecule has 1 N–H and O–H groups in total. The summed E-state index contributed by atoms with van der Waals surface area (Å²) in [6.45, 7) is 1.29. The highest BCUT2D eigenvalue weighted by Gasteiger charge is 2.30. The lowest BCUT2D eigenvalue weighted by Gasteiger charge is -2.21. The number of esters is 1. The average molecular weight is 293 g/mol. The number of Topliss-reactive ketones (excluding diaryl/α,β-unsaturated/α-hetero) is 2. The maximum Gasteiger partial charge on any atom is 0.325 e. The standard InChI is InChI=1S/C15H19NO5/c1-10(17)13(14(18)11-7-5-4-6-8-11)16-12(9-20-2)15(19)21-3/h4-8,12-13,16H,9H2,1-3H3. The Morgan fingerprint density at radius 2 is 1.76 bits per heavy atom. The van der Waals surface area contributed by atoms with Crippen LogP contribution in [-0.4, -0.2) is 50.4 Å². The molecule has 0 spiro atoms. The van der Waals surface area contributed by atoms with Crippen LogP contribution in [0.3, 0.4) is 0 Å². The molecule has 0 saturated carbocycles. The van der Waals surface area contributed by atoms with Crippen LogP contribution >= 0.6 is 0 Å². The number of rotatable bonds is 8. The smallest absolute Gasteiger partial charge is 0.325 e. The molecule has 0 aliphatic heterocycles. The second kappa shape index (κ2) is 8.28. The van der Waals surface area contributed by atoms with E-state index in [2.05, 4.69) is 10.1 Å². The first-order chi connectivity index (χ1) is 10.0. The Morgan fingerprint density at radius 3 is 2.24 bits per heavy atom. The van der Waals surface area contributed by atoms with Gasteiger partial charge >= 0.3 is 5.97 Å². The quantitative estimate of drug-likeness (QED) is 0.429. The molecule has 0 heterocycles. The SMILES string of the molecule is COCC(NC(C(C)=O)C(=O)c1ccccc1)C(=O)OC. The van der Waals surface area contributed by atoms with E-state index in [9.17, 15) is 14.4 Å². The Hall–Kier alpha value is -2.05. The van der Waals surface area contributed by atoms with Gasteiger partial charge in [0.1, 0.15) is 12.1 Å². The van der Waals surface area contributed by atoms with E-state index < -0.39 is 23.8 Å². The summed E-state index contributed by atoms with van der Waals surface area (Å²) in [7, 11) is 2.65. The van der Waals surface area contributed by atoms with E-state index in [1.807, 2.05) is 0 Å². The lowest BCUT2D eigenvalue weighted by atomic mass is 10.0. The van der Waals surface area contributed by atoms with E-state index in [4.69, 9.17) is 4.74 Å². The van der Waals surface area contributed by atoms with Crippen molar-refractivity contribution < 1.29 is 23.9 Å². The van der Waals surface area contributed by atoms with Crippen molar-refractivity contribution in [3.05, 3.63) is 35.9 Å². The number of methoxy groups -OCH3 is 2. The predicted molar refractivity (Wildman–Crippen MR) is 76.1 cm³/mol. The third-order valence-electron chi connectivity index (χ3n) is 2.91. The average Bonchev–Trinajstić information content (AvgIpc) is 2.50. The number of hydrogen-bond acceptors (Lipinski definition) is 6. The van der Waals surface area contributed by atoms with Crippen LogP contribution in [0.1, 0.15) is 17.3 Å². The molecule has 1 aromatic carbocycles. The lowest BCUT2D eigenvalue weighted by Crippen LogP contribution is -2.52. The van der Waals surface area contributed by atoms with Crippen molar-refractivity contribution in [2.45, 2.75) is 19.0 Å². The summed E-state index contributed by atoms with van der Waals surface area (Å²) in [5, 5.41) is 2.70. The van der Waals surface area contributed by atoms with Crippen LogP contribution < -0.4 is 5.32 Å². The van der Waals surface area contributed by atoms with Gasteiger partial charge in [0.05, 0.1) is 13.7 Å². The van der Waals surface area contributed by atoms with Crippen LogP contribution in [0.25, 0.3) is 0 Å². The second-order valence-corrected chi connectivity index (χ2v) is 4.47. The molecule has 0 aromatic heterocycles. The van der Waals surface area contributed by atoms with Crippen LogP contribution in [0.4, 0.5) is 0 Å². The monoisotopic (exact) mass is 293 g/mol. The first kappa shape index (κ1) is 17.0. The molecule has 0 bridgehead atoms. The number of carbonyl (C=O) groups is 3. The molecule has 1 aromatic rings. The fraction of sp³-hybridized carbons (Fsp3) is 0.400. The van der Waals surface area contributed by atoms with Crippen LogP contribution in [0.15, 0.2) is 30.3 Å². The van der Waals surface area contributed by atoms with Gasteiger partial charge in [0.25, 0.3) is 0 Å². The molecule has 21 heavy (non-hydrogen) atoms. The van der Waals surface area contributed by atoms with E-state index in [0.29, 0.717) is 5.56 Å². The zero-order chi connectivity index (χ0) is 15.8. The Bertz CT molecular complexity index is 500. The van der Waals surface area contributed by atoms with Crippen LogP contribution in [0.5, 0.6) is 0 Å². The third-order valence-corrected chi connectivity index (χ3v) is 2.91. The molecule has 0 aliphatic rings. The molecule has 2 atom stereocenters. The lowest BCUT2D eigenvalue weighted by molar-refractivity contribution is -0.144. The molecule has 0 radical (unpaired) electrons. The number of ketones is 2. The van der Waals surface area contributed by atoms with E-state index in [-0.39, 0.29) is 12.4 Å². The van der Waals surface area contributed by atoms with Crippen molar-refractivity contribution in [1.29, 1.82) is 0 Å². The van der Waals surface area contributed by atoms with Crippen molar-refractivity contribution >= 4 is 17.5 Å². The maximum absolute atomic E-state index is 12.4. The van der Waals surface area contributed by atoms with Crippen molar-refractivity contribution in [3.8, 4) is 0 Å². The summed E-state index contributed by atoms with van der Waals surface area (Å²) in [6, 6.07) is 6.41. The fourth-order valence-corrected chi connectivity index (χ4v) is 1.84. The van der Waals surface area contributed by atoms with E-state index >= 15 is 0 Å². The summed E-state index contributed by atoms with van der Waals surface area (Å²) in [5.41, 5.74) is 0.395. The van der Waals surface area contributed by atoms with Gasteiger partial charge in [-0.2, -0.15) is 0 Å². The first-order valence-electron chi connectivity index (χ1n) is 6.43. The predicted octanol–water partition coefficient (Wildman–Crippen LogP) is 0.604. The zero-order valence-corrected chi connectivity index (χ0v) is 12.3. The van der Waals surface area contributed by atoms with Crippen LogP contribution in [0, 0.1) is 0 Å². The Labute approximate surface area is 123 Å². The number of ether oxygens (including phenoxy) is 2. The van der Waals surface area contributed by atoms with E-state index in [1.165, 1.54) is 21.1 Å². The first-order valence-corrected chi connectivity index (χ1v) is 6.43. The molecule has 0 saturated heterocycles. The van der Waals surface area contributed by atoms with Crippen molar-refractivity contribution in [1.82, 2.24) is 5.32 Å². The van der Waals surface area contributed by atoms with Gasteiger partial charge in [0.2, 0.25) is 0 Å². The number of nitrogens with one attached hydrogen (secondary N) is 1. The highest BCUT2D eigenvalue weighted by atomic mass is 16.5. The maximum atomic E-state index is 12.4. The molecule has 0 aliphatic carbocycles. The van der Waals surface area contributed by atoms with Crippen LogP contribution in [-0.2, 0) is 19.1 Å². The minimum Gasteiger partial charge on any atom is -0.468 e. The largest absolute Gasteiger partial charge is 0.468 e. The summed E-state index contributed by atoms with van der Waals surface area (Å²) >= 11 is 0. The summed E-state index contributed by atoms with van der Waals surface area (Å²) in [5.74, 6) is -1.37. The summed E-state index contributed by atoms with van der Waals surface area (Å²) in [6.07, 6.45) is 0. The van der Waals surface area contributed by atoms with Crippen LogP contribution in [0.2, 0.25) is 0 Å². The van der Waals surface area contributed by atoms with Gasteiger partial charge in [-0.1, -0.05) is 30.3 Å². The molecule has 2 unspecified atom stereocenters. The van der Waals surface area contributed by atoms with Gasteiger partial charge in [-0.15, -0.1) is 0 Å². The van der Waals surface area contributed by atoms with Crippen molar-refractivity contribution in [2.24, 2.45) is 0 Å². The molecule has 6 nitrogen and oxygen atoms in total. The molecule has 0 fully saturated rings.